The van der Waals surface area contributed by atoms with Gasteiger partial charge in [0.15, 0.2) is 5.75 Å². The number of rotatable bonds is 4. The van der Waals surface area contributed by atoms with Crippen molar-refractivity contribution in [3.8, 4) is 11.8 Å². The van der Waals surface area contributed by atoms with Crippen molar-refractivity contribution in [2.24, 2.45) is 0 Å². The molecule has 1 rings (SSSR count). The fourth-order valence-corrected chi connectivity index (χ4v) is 1.58. The zero-order valence-electron chi connectivity index (χ0n) is 8.35. The number of nitriles is 1. The van der Waals surface area contributed by atoms with Crippen molar-refractivity contribution in [1.82, 2.24) is 0 Å². The van der Waals surface area contributed by atoms with E-state index in [4.69, 9.17) is 10.4 Å². The third-order valence-electron chi connectivity index (χ3n) is 1.81. The summed E-state index contributed by atoms with van der Waals surface area (Å²) in [6.45, 7) is -3.07. The maximum atomic E-state index is 12.1. The summed E-state index contributed by atoms with van der Waals surface area (Å²) in [5.41, 5.74) is 0.120. The van der Waals surface area contributed by atoms with Gasteiger partial charge in [0.1, 0.15) is 6.07 Å². The molecule has 90 valence electrons. The molecule has 1 aromatic carbocycles. The normalized spacial score (nSPS) is 10.1. The summed E-state index contributed by atoms with van der Waals surface area (Å²) in [6, 6.07) is 4.11. The molecule has 0 amide bonds. The van der Waals surface area contributed by atoms with Crippen LogP contribution in [0.4, 0.5) is 8.78 Å². The Morgan fingerprint density at radius 2 is 2.24 bits per heavy atom. The molecule has 0 aliphatic heterocycles. The first kappa shape index (κ1) is 13.3. The Bertz CT molecular complexity index is 485. The Morgan fingerprint density at radius 1 is 1.59 bits per heavy atom. The summed E-state index contributed by atoms with van der Waals surface area (Å²) < 4.78 is 28.3. The van der Waals surface area contributed by atoms with Crippen LogP contribution in [0, 0.1) is 11.3 Å². The van der Waals surface area contributed by atoms with Gasteiger partial charge in [-0.3, -0.25) is 4.79 Å². The van der Waals surface area contributed by atoms with Crippen molar-refractivity contribution in [3.63, 3.8) is 0 Å². The van der Waals surface area contributed by atoms with Gasteiger partial charge in [0.05, 0.1) is 12.0 Å². The minimum atomic E-state index is -3.07. The van der Waals surface area contributed by atoms with Gasteiger partial charge in [-0.05, 0) is 17.7 Å². The zero-order chi connectivity index (χ0) is 13.0. The topological polar surface area (TPSA) is 70.3 Å². The molecule has 0 spiro atoms. The molecule has 0 aromatic heterocycles. The quantitative estimate of drug-likeness (QED) is 0.812. The molecular weight excluding hydrogens is 252 g/mol. The molecule has 0 saturated carbocycles. The predicted molar refractivity (Wildman–Crippen MR) is 56.4 cm³/mol. The highest BCUT2D eigenvalue weighted by Gasteiger charge is 2.15. The van der Waals surface area contributed by atoms with Crippen molar-refractivity contribution in [3.05, 3.63) is 23.3 Å². The third-order valence-corrected chi connectivity index (χ3v) is 2.14. The van der Waals surface area contributed by atoms with E-state index in [1.807, 2.05) is 0 Å². The highest BCUT2D eigenvalue weighted by molar-refractivity contribution is 7.80. The first-order chi connectivity index (χ1) is 7.93. The third kappa shape index (κ3) is 3.60. The maximum Gasteiger partial charge on any atom is 0.387 e. The molecule has 0 heterocycles. The van der Waals surface area contributed by atoms with Gasteiger partial charge in [0, 0.05) is 4.90 Å². The number of thiol groups is 1. The Kier molecular flexibility index (Phi) is 4.29. The van der Waals surface area contributed by atoms with Crippen LogP contribution in [0.15, 0.2) is 17.0 Å². The highest BCUT2D eigenvalue weighted by atomic mass is 32.1. The van der Waals surface area contributed by atoms with Crippen LogP contribution >= 0.6 is 12.6 Å². The largest absolute Gasteiger partial charge is 0.481 e. The lowest BCUT2D eigenvalue weighted by Crippen LogP contribution is -2.06. The van der Waals surface area contributed by atoms with Gasteiger partial charge >= 0.3 is 12.6 Å². The molecule has 7 heteroatoms. The van der Waals surface area contributed by atoms with Crippen molar-refractivity contribution >= 4 is 18.6 Å². The minimum Gasteiger partial charge on any atom is -0.481 e. The highest BCUT2D eigenvalue weighted by Crippen LogP contribution is 2.30. The number of carboxylic acids is 1. The molecule has 0 saturated heterocycles. The SMILES string of the molecule is N#Cc1cc(CC(=O)O)cc(S)c1OC(F)F. The van der Waals surface area contributed by atoms with E-state index in [0.29, 0.717) is 5.56 Å². The average Bonchev–Trinajstić information content (AvgIpc) is 2.20. The van der Waals surface area contributed by atoms with Crippen LogP contribution in [-0.2, 0) is 11.2 Å². The van der Waals surface area contributed by atoms with E-state index in [1.54, 1.807) is 6.07 Å². The van der Waals surface area contributed by atoms with Gasteiger partial charge in [-0.1, -0.05) is 0 Å². The van der Waals surface area contributed by atoms with Gasteiger partial charge in [0.25, 0.3) is 0 Å². The van der Waals surface area contributed by atoms with E-state index >= 15 is 0 Å². The standard InChI is InChI=1S/C10H7F2NO3S/c11-10(12)16-9-6(4-13)1-5(2-7(9)17)3-8(14)15/h1-2,10,17H,3H2,(H,14,15). The van der Waals surface area contributed by atoms with E-state index in [9.17, 15) is 13.6 Å². The molecule has 4 nitrogen and oxygen atoms in total. The van der Waals surface area contributed by atoms with Crippen molar-refractivity contribution in [1.29, 1.82) is 5.26 Å². The van der Waals surface area contributed by atoms with E-state index < -0.39 is 12.6 Å². The van der Waals surface area contributed by atoms with Crippen LogP contribution in [-0.4, -0.2) is 17.7 Å². The monoisotopic (exact) mass is 259 g/mol. The van der Waals surface area contributed by atoms with E-state index in [2.05, 4.69) is 17.4 Å². The van der Waals surface area contributed by atoms with Crippen LogP contribution in [0.3, 0.4) is 0 Å². The second-order valence-electron chi connectivity index (χ2n) is 3.05. The number of halogens is 2. The number of alkyl halides is 2. The number of aliphatic carboxylic acids is 1. The second kappa shape index (κ2) is 5.50. The molecule has 0 aliphatic rings. The minimum absolute atomic E-state index is 0.000556. The Hall–Kier alpha value is -1.81. The number of carboxylic acid groups (broad SMARTS) is 1. The Labute approximate surface area is 101 Å². The van der Waals surface area contributed by atoms with Crippen LogP contribution in [0.1, 0.15) is 11.1 Å². The molecule has 0 unspecified atom stereocenters. The number of carbonyl (C=O) groups is 1. The van der Waals surface area contributed by atoms with Gasteiger partial charge < -0.3 is 9.84 Å². The summed E-state index contributed by atoms with van der Waals surface area (Å²) in [6.07, 6.45) is -0.322. The number of benzene rings is 1. The number of hydrogen-bond donors (Lipinski definition) is 2. The predicted octanol–water partition coefficient (Wildman–Crippen LogP) is 2.08. The molecule has 1 N–H and O–H groups in total. The van der Waals surface area contributed by atoms with Gasteiger partial charge in [0.2, 0.25) is 0 Å². The molecule has 0 fully saturated rings. The van der Waals surface area contributed by atoms with Crippen molar-refractivity contribution in [2.45, 2.75) is 17.9 Å². The van der Waals surface area contributed by atoms with E-state index in [0.717, 1.165) is 0 Å². The van der Waals surface area contributed by atoms with Gasteiger partial charge in [-0.25, -0.2) is 0 Å². The molecule has 0 radical (unpaired) electrons. The molecule has 0 atom stereocenters. The lowest BCUT2D eigenvalue weighted by atomic mass is 10.1. The number of ether oxygens (including phenoxy) is 1. The van der Waals surface area contributed by atoms with Crippen LogP contribution in [0.25, 0.3) is 0 Å². The summed E-state index contributed by atoms with van der Waals surface area (Å²) >= 11 is 3.89. The molecule has 0 bridgehead atoms. The summed E-state index contributed by atoms with van der Waals surface area (Å²) in [4.78, 5) is 10.5. The van der Waals surface area contributed by atoms with Gasteiger partial charge in [-0.2, -0.15) is 14.0 Å². The number of nitrogens with zero attached hydrogens (tertiary/aromatic N) is 1. The molecule has 1 aromatic rings. The molecule has 0 aliphatic carbocycles. The molecular formula is C10H7F2NO3S. The van der Waals surface area contributed by atoms with E-state index in [1.165, 1.54) is 12.1 Å². The fourth-order valence-electron chi connectivity index (χ4n) is 1.24. The summed E-state index contributed by atoms with van der Waals surface area (Å²) in [5, 5.41) is 17.3. The first-order valence-corrected chi connectivity index (χ1v) is 4.81. The summed E-state index contributed by atoms with van der Waals surface area (Å²) in [7, 11) is 0. The second-order valence-corrected chi connectivity index (χ2v) is 3.53. The van der Waals surface area contributed by atoms with Crippen molar-refractivity contribution < 1.29 is 23.4 Å². The van der Waals surface area contributed by atoms with Crippen LogP contribution in [0.2, 0.25) is 0 Å². The lowest BCUT2D eigenvalue weighted by molar-refractivity contribution is -0.136. The Morgan fingerprint density at radius 3 is 2.71 bits per heavy atom. The van der Waals surface area contributed by atoms with Crippen LogP contribution < -0.4 is 4.74 Å². The summed E-state index contributed by atoms with van der Waals surface area (Å²) in [5.74, 6) is -1.44. The average molecular weight is 259 g/mol. The Balaban J connectivity index is 3.17. The fraction of sp³-hybridized carbons (Fsp3) is 0.200. The molecule has 17 heavy (non-hydrogen) atoms. The number of hydrogen-bond acceptors (Lipinski definition) is 4. The van der Waals surface area contributed by atoms with E-state index in [-0.39, 0.29) is 22.6 Å². The van der Waals surface area contributed by atoms with Gasteiger partial charge in [-0.15, -0.1) is 12.6 Å². The lowest BCUT2D eigenvalue weighted by Gasteiger charge is -2.10. The maximum absolute atomic E-state index is 12.1. The first-order valence-electron chi connectivity index (χ1n) is 4.36. The zero-order valence-corrected chi connectivity index (χ0v) is 9.25. The van der Waals surface area contributed by atoms with Crippen molar-refractivity contribution in [2.75, 3.05) is 0 Å². The smallest absolute Gasteiger partial charge is 0.387 e. The van der Waals surface area contributed by atoms with Crippen LogP contribution in [0.5, 0.6) is 5.75 Å².